The predicted octanol–water partition coefficient (Wildman–Crippen LogP) is 3.71. The maximum atomic E-state index is 12.9. The van der Waals surface area contributed by atoms with Crippen molar-refractivity contribution in [3.8, 4) is 0 Å². The van der Waals surface area contributed by atoms with E-state index in [1.165, 1.54) is 31.4 Å². The van der Waals surface area contributed by atoms with Crippen LogP contribution in [0.25, 0.3) is 11.1 Å². The van der Waals surface area contributed by atoms with E-state index in [2.05, 4.69) is 10.2 Å². The van der Waals surface area contributed by atoms with Crippen molar-refractivity contribution in [2.75, 3.05) is 26.2 Å². The highest BCUT2D eigenvalue weighted by Gasteiger charge is 2.19. The van der Waals surface area contributed by atoms with Gasteiger partial charge in [-0.25, -0.2) is 0 Å². The van der Waals surface area contributed by atoms with Crippen molar-refractivity contribution in [2.45, 2.75) is 32.7 Å². The quantitative estimate of drug-likeness (QED) is 0.473. The number of nitro groups is 1. The zero-order chi connectivity index (χ0) is 21.1. The number of nitro benzene ring substituents is 1. The normalized spacial score (nSPS) is 14.8. The minimum atomic E-state index is -0.412. The number of likely N-dealkylation sites (tertiary alicyclic amines) is 1. The number of nitrogens with zero attached hydrogens (tertiary/aromatic N) is 3. The van der Waals surface area contributed by atoms with Crippen LogP contribution >= 0.6 is 0 Å². The highest BCUT2D eigenvalue weighted by molar-refractivity contribution is 5.97. The van der Waals surface area contributed by atoms with Crippen LogP contribution in [0.2, 0.25) is 0 Å². The number of hydrogen-bond donors (Lipinski definition) is 1. The molecule has 0 bridgehead atoms. The van der Waals surface area contributed by atoms with Crippen LogP contribution < -0.4 is 5.32 Å². The van der Waals surface area contributed by atoms with E-state index in [0.717, 1.165) is 36.5 Å². The smallest absolute Gasteiger partial charge is 0.269 e. The summed E-state index contributed by atoms with van der Waals surface area (Å²) in [5.41, 5.74) is 2.72. The topological polar surface area (TPSA) is 93.5 Å². The number of rotatable bonds is 7. The molecule has 0 radical (unpaired) electrons. The molecule has 158 valence electrons. The summed E-state index contributed by atoms with van der Waals surface area (Å²) in [4.78, 5) is 26.0. The monoisotopic (exact) mass is 410 g/mol. The first-order valence-corrected chi connectivity index (χ1v) is 10.3. The maximum absolute atomic E-state index is 12.9. The number of amides is 1. The van der Waals surface area contributed by atoms with Gasteiger partial charge in [0, 0.05) is 43.9 Å². The first-order valence-electron chi connectivity index (χ1n) is 10.3. The van der Waals surface area contributed by atoms with Gasteiger partial charge in [0.25, 0.3) is 11.6 Å². The third-order valence-corrected chi connectivity index (χ3v) is 5.57. The Morgan fingerprint density at radius 2 is 2.00 bits per heavy atom. The van der Waals surface area contributed by atoms with Crippen LogP contribution in [-0.2, 0) is 6.54 Å². The van der Waals surface area contributed by atoms with Crippen LogP contribution in [0.5, 0.6) is 0 Å². The summed E-state index contributed by atoms with van der Waals surface area (Å²) in [6.45, 7) is 5.80. The molecule has 8 heteroatoms. The number of nitrogens with one attached hydrogen (secondary N) is 1. The lowest BCUT2D eigenvalue weighted by atomic mass is 10.1. The fraction of sp³-hybridized carbons (Fsp3) is 0.409. The maximum Gasteiger partial charge on any atom is 0.269 e. The zero-order valence-electron chi connectivity index (χ0n) is 17.1. The Balaban J connectivity index is 1.54. The first kappa shape index (κ1) is 20.2. The van der Waals surface area contributed by atoms with Crippen LogP contribution in [0.15, 0.2) is 40.8 Å². The molecule has 1 saturated heterocycles. The van der Waals surface area contributed by atoms with Crippen molar-refractivity contribution in [1.82, 2.24) is 14.8 Å². The second-order valence-corrected chi connectivity index (χ2v) is 7.81. The van der Waals surface area contributed by atoms with Gasteiger partial charge in [-0.15, -0.1) is 0 Å². The fourth-order valence-corrected chi connectivity index (χ4v) is 4.08. The van der Waals surface area contributed by atoms with Gasteiger partial charge in [0.15, 0.2) is 5.58 Å². The lowest BCUT2D eigenvalue weighted by Crippen LogP contribution is -2.38. The summed E-state index contributed by atoms with van der Waals surface area (Å²) >= 11 is 0. The molecular formula is C22H26N4O4. The minimum absolute atomic E-state index is 0.0341. The summed E-state index contributed by atoms with van der Waals surface area (Å²) in [5, 5.41) is 14.1. The molecule has 1 N–H and O–H groups in total. The lowest BCUT2D eigenvalue weighted by Gasteiger charge is -2.26. The number of benzene rings is 1. The highest BCUT2D eigenvalue weighted by atomic mass is 16.6. The van der Waals surface area contributed by atoms with E-state index in [-0.39, 0.29) is 11.6 Å². The van der Waals surface area contributed by atoms with Gasteiger partial charge in [0.05, 0.1) is 10.4 Å². The van der Waals surface area contributed by atoms with Gasteiger partial charge < -0.3 is 19.2 Å². The molecule has 3 aromatic rings. The fourth-order valence-electron chi connectivity index (χ4n) is 4.08. The molecule has 1 aromatic carbocycles. The van der Waals surface area contributed by atoms with E-state index in [9.17, 15) is 14.9 Å². The molecule has 30 heavy (non-hydrogen) atoms. The van der Waals surface area contributed by atoms with Crippen LogP contribution in [-0.4, -0.2) is 46.5 Å². The summed E-state index contributed by atoms with van der Waals surface area (Å²) in [6.07, 6.45) is 3.72. The largest absolute Gasteiger partial charge is 0.460 e. The van der Waals surface area contributed by atoms with Crippen molar-refractivity contribution >= 4 is 22.7 Å². The van der Waals surface area contributed by atoms with Crippen LogP contribution in [0.1, 0.15) is 41.1 Å². The molecule has 0 spiro atoms. The van der Waals surface area contributed by atoms with Crippen LogP contribution in [0.4, 0.5) is 5.69 Å². The van der Waals surface area contributed by atoms with Gasteiger partial charge in [-0.2, -0.15) is 0 Å². The van der Waals surface area contributed by atoms with Crippen LogP contribution in [0, 0.1) is 17.0 Å². The van der Waals surface area contributed by atoms with E-state index < -0.39 is 4.92 Å². The molecule has 1 fully saturated rings. The molecule has 8 nitrogen and oxygen atoms in total. The van der Waals surface area contributed by atoms with E-state index in [1.54, 1.807) is 12.1 Å². The number of aryl methyl sites for hydroxylation is 1. The Bertz CT molecular complexity index is 1060. The lowest BCUT2D eigenvalue weighted by molar-refractivity contribution is -0.384. The van der Waals surface area contributed by atoms with Crippen molar-refractivity contribution in [3.05, 3.63) is 63.5 Å². The molecule has 0 saturated carbocycles. The standard InChI is InChI=1S/C22H26N4O4/c1-16-12-19-21(30-16)14-20(22(27)23-8-11-24-9-3-2-4-10-24)25(19)15-17-6-5-7-18(13-17)26(28)29/h5-7,12-14H,2-4,8-11,15H2,1H3,(H,23,27). The van der Waals surface area contributed by atoms with E-state index >= 15 is 0 Å². The SMILES string of the molecule is Cc1cc2c(cc(C(=O)NCCN3CCCCC3)n2Cc2cccc([N+](=O)[O-])c2)o1. The number of non-ortho nitro benzene ring substituents is 1. The summed E-state index contributed by atoms with van der Waals surface area (Å²) in [6, 6.07) is 10.1. The molecule has 0 unspecified atom stereocenters. The van der Waals surface area contributed by atoms with Crippen LogP contribution in [0.3, 0.4) is 0 Å². The van der Waals surface area contributed by atoms with Crippen molar-refractivity contribution < 1.29 is 14.1 Å². The second-order valence-electron chi connectivity index (χ2n) is 7.81. The van der Waals surface area contributed by atoms with E-state index in [0.29, 0.717) is 24.4 Å². The number of fused-ring (bicyclic) bond motifs is 1. The Hall–Kier alpha value is -3.13. The molecule has 1 aliphatic heterocycles. The number of hydrogen-bond acceptors (Lipinski definition) is 5. The Morgan fingerprint density at radius 1 is 1.20 bits per heavy atom. The Labute approximate surface area is 174 Å². The van der Waals surface area contributed by atoms with E-state index in [1.807, 2.05) is 23.6 Å². The molecular weight excluding hydrogens is 384 g/mol. The number of carbonyl (C=O) groups excluding carboxylic acids is 1. The first-order chi connectivity index (χ1) is 14.5. The molecule has 3 heterocycles. The average molecular weight is 410 g/mol. The summed E-state index contributed by atoms with van der Waals surface area (Å²) in [5.74, 6) is 0.589. The van der Waals surface area contributed by atoms with Gasteiger partial charge in [0.2, 0.25) is 0 Å². The zero-order valence-corrected chi connectivity index (χ0v) is 17.1. The Morgan fingerprint density at radius 3 is 2.77 bits per heavy atom. The second kappa shape index (κ2) is 8.71. The third-order valence-electron chi connectivity index (χ3n) is 5.57. The highest BCUT2D eigenvalue weighted by Crippen LogP contribution is 2.25. The average Bonchev–Trinajstić information content (AvgIpc) is 3.26. The number of furan rings is 1. The molecule has 2 aromatic heterocycles. The number of piperidine rings is 1. The van der Waals surface area contributed by atoms with Crippen molar-refractivity contribution in [1.29, 1.82) is 0 Å². The van der Waals surface area contributed by atoms with Gasteiger partial charge in [0.1, 0.15) is 11.5 Å². The van der Waals surface area contributed by atoms with Gasteiger partial charge >= 0.3 is 0 Å². The molecule has 1 amide bonds. The molecule has 1 aliphatic rings. The summed E-state index contributed by atoms with van der Waals surface area (Å²) < 4.78 is 7.58. The predicted molar refractivity (Wildman–Crippen MR) is 114 cm³/mol. The van der Waals surface area contributed by atoms with Crippen molar-refractivity contribution in [3.63, 3.8) is 0 Å². The third kappa shape index (κ3) is 4.38. The van der Waals surface area contributed by atoms with Gasteiger partial charge in [-0.05, 0) is 38.4 Å². The summed E-state index contributed by atoms with van der Waals surface area (Å²) in [7, 11) is 0. The molecule has 0 atom stereocenters. The Kier molecular flexibility index (Phi) is 5.85. The van der Waals surface area contributed by atoms with Gasteiger partial charge in [-0.1, -0.05) is 18.6 Å². The molecule has 0 aliphatic carbocycles. The van der Waals surface area contributed by atoms with Crippen molar-refractivity contribution in [2.24, 2.45) is 0 Å². The molecule has 4 rings (SSSR count). The minimum Gasteiger partial charge on any atom is -0.460 e. The van der Waals surface area contributed by atoms with Gasteiger partial charge in [-0.3, -0.25) is 14.9 Å². The van der Waals surface area contributed by atoms with E-state index in [4.69, 9.17) is 4.42 Å². The number of aromatic nitrogens is 1. The number of carbonyl (C=O) groups is 1.